The van der Waals surface area contributed by atoms with Gasteiger partial charge in [-0.05, 0) is 12.1 Å². The minimum Gasteiger partial charge on any atom is -0.370 e. The fourth-order valence-corrected chi connectivity index (χ4v) is 1.41. The number of hydrogen-bond donors (Lipinski definition) is 1. The number of rotatable bonds is 5. The summed E-state index contributed by atoms with van der Waals surface area (Å²) in [5.74, 6) is 0.720. The first-order chi connectivity index (χ1) is 8.31. The van der Waals surface area contributed by atoms with Gasteiger partial charge in [0.2, 0.25) is 5.82 Å². The van der Waals surface area contributed by atoms with Gasteiger partial charge < -0.3 is 15.0 Å². The van der Waals surface area contributed by atoms with Gasteiger partial charge in [0.1, 0.15) is 12.3 Å². The highest BCUT2D eigenvalue weighted by molar-refractivity contribution is 6.32. The molecular formula is C10H11ClN4O2. The lowest BCUT2D eigenvalue weighted by molar-refractivity contribution is 0.104. The van der Waals surface area contributed by atoms with Crippen LogP contribution in [0.1, 0.15) is 5.89 Å². The van der Waals surface area contributed by atoms with Crippen LogP contribution in [0.25, 0.3) is 11.5 Å². The Balaban J connectivity index is 2.10. The maximum atomic E-state index is 5.96. The highest BCUT2D eigenvalue weighted by Crippen LogP contribution is 2.22. The molecule has 0 saturated heterocycles. The lowest BCUT2D eigenvalue weighted by atomic mass is 10.3. The summed E-state index contributed by atoms with van der Waals surface area (Å²) in [6.45, 7) is 1.13. The molecule has 0 fully saturated rings. The summed E-state index contributed by atoms with van der Waals surface area (Å²) in [4.78, 5) is 8.20. The standard InChI is InChI=1S/C10H11ClN4O2/c11-7-2-1-4-13-9(7)10-14-8(17-15-10)6-16-5-3-12/h1-2,4H,3,5-6,12H2. The Morgan fingerprint density at radius 1 is 1.47 bits per heavy atom. The number of ether oxygens (including phenoxy) is 1. The average molecular weight is 255 g/mol. The van der Waals surface area contributed by atoms with Crippen LogP contribution in [0.4, 0.5) is 0 Å². The van der Waals surface area contributed by atoms with E-state index in [1.807, 2.05) is 0 Å². The van der Waals surface area contributed by atoms with Crippen LogP contribution in [-0.2, 0) is 11.3 Å². The van der Waals surface area contributed by atoms with Gasteiger partial charge in [-0.3, -0.25) is 4.98 Å². The maximum Gasteiger partial charge on any atom is 0.253 e. The van der Waals surface area contributed by atoms with Crippen LogP contribution < -0.4 is 5.73 Å². The summed E-state index contributed by atoms with van der Waals surface area (Å²) in [6.07, 6.45) is 1.61. The summed E-state index contributed by atoms with van der Waals surface area (Å²) in [7, 11) is 0. The molecule has 0 radical (unpaired) electrons. The van der Waals surface area contributed by atoms with Crippen molar-refractivity contribution < 1.29 is 9.26 Å². The highest BCUT2D eigenvalue weighted by Gasteiger charge is 2.12. The van der Waals surface area contributed by atoms with Crippen molar-refractivity contribution in [2.75, 3.05) is 13.2 Å². The van der Waals surface area contributed by atoms with Crippen molar-refractivity contribution in [1.82, 2.24) is 15.1 Å². The van der Waals surface area contributed by atoms with E-state index >= 15 is 0 Å². The number of aromatic nitrogens is 3. The first-order valence-corrected chi connectivity index (χ1v) is 5.40. The fraction of sp³-hybridized carbons (Fsp3) is 0.300. The van der Waals surface area contributed by atoms with Crippen LogP contribution in [0, 0.1) is 0 Å². The molecule has 0 bridgehead atoms. The Kier molecular flexibility index (Phi) is 4.03. The third-order valence-corrected chi connectivity index (χ3v) is 2.23. The van der Waals surface area contributed by atoms with Crippen LogP contribution >= 0.6 is 11.6 Å². The van der Waals surface area contributed by atoms with E-state index in [1.54, 1.807) is 18.3 Å². The molecule has 2 heterocycles. The number of halogens is 1. The fourth-order valence-electron chi connectivity index (χ4n) is 1.20. The van der Waals surface area contributed by atoms with Crippen LogP contribution in [0.3, 0.4) is 0 Å². The van der Waals surface area contributed by atoms with Crippen molar-refractivity contribution in [2.24, 2.45) is 5.73 Å². The molecule has 6 nitrogen and oxygen atoms in total. The van der Waals surface area contributed by atoms with Gasteiger partial charge in [-0.2, -0.15) is 4.98 Å². The van der Waals surface area contributed by atoms with Crippen LogP contribution in [0.5, 0.6) is 0 Å². The van der Waals surface area contributed by atoms with Crippen molar-refractivity contribution in [3.63, 3.8) is 0 Å². The van der Waals surface area contributed by atoms with Crippen molar-refractivity contribution in [3.8, 4) is 11.5 Å². The third kappa shape index (κ3) is 3.00. The molecule has 2 rings (SSSR count). The normalized spacial score (nSPS) is 10.7. The van der Waals surface area contributed by atoms with Crippen molar-refractivity contribution >= 4 is 11.6 Å². The molecule has 0 aliphatic rings. The zero-order chi connectivity index (χ0) is 12.1. The van der Waals surface area contributed by atoms with Gasteiger partial charge in [-0.25, -0.2) is 0 Å². The van der Waals surface area contributed by atoms with E-state index in [-0.39, 0.29) is 6.61 Å². The van der Waals surface area contributed by atoms with E-state index in [0.717, 1.165) is 0 Å². The zero-order valence-electron chi connectivity index (χ0n) is 8.97. The average Bonchev–Trinajstić information content (AvgIpc) is 2.79. The summed E-state index contributed by atoms with van der Waals surface area (Å²) in [5, 5.41) is 4.26. The Hall–Kier alpha value is -1.50. The molecule has 0 atom stereocenters. The Labute approximate surface area is 103 Å². The van der Waals surface area contributed by atoms with E-state index in [4.69, 9.17) is 26.6 Å². The molecule has 17 heavy (non-hydrogen) atoms. The number of hydrogen-bond acceptors (Lipinski definition) is 6. The predicted molar refractivity (Wildman–Crippen MR) is 61.2 cm³/mol. The van der Waals surface area contributed by atoms with Gasteiger partial charge in [-0.15, -0.1) is 0 Å². The first kappa shape index (κ1) is 12.0. The van der Waals surface area contributed by atoms with Crippen LogP contribution in [0.15, 0.2) is 22.9 Å². The van der Waals surface area contributed by atoms with Crippen LogP contribution in [-0.4, -0.2) is 28.3 Å². The smallest absolute Gasteiger partial charge is 0.253 e. The largest absolute Gasteiger partial charge is 0.370 e. The molecular weight excluding hydrogens is 244 g/mol. The van der Waals surface area contributed by atoms with E-state index in [2.05, 4.69) is 15.1 Å². The van der Waals surface area contributed by atoms with Gasteiger partial charge in [0, 0.05) is 12.7 Å². The molecule has 7 heteroatoms. The second-order valence-electron chi connectivity index (χ2n) is 3.19. The molecule has 90 valence electrons. The monoisotopic (exact) mass is 254 g/mol. The topological polar surface area (TPSA) is 87.1 Å². The van der Waals surface area contributed by atoms with Crippen molar-refractivity contribution in [3.05, 3.63) is 29.2 Å². The summed E-state index contributed by atoms with van der Waals surface area (Å²) >= 11 is 5.96. The first-order valence-electron chi connectivity index (χ1n) is 5.02. The van der Waals surface area contributed by atoms with Gasteiger partial charge >= 0.3 is 0 Å². The summed E-state index contributed by atoms with van der Waals surface area (Å²) in [6, 6.07) is 3.45. The lowest BCUT2D eigenvalue weighted by Gasteiger charge is -1.96. The molecule has 0 aromatic carbocycles. The van der Waals surface area contributed by atoms with Crippen molar-refractivity contribution in [2.45, 2.75) is 6.61 Å². The summed E-state index contributed by atoms with van der Waals surface area (Å²) in [5.41, 5.74) is 5.78. The Morgan fingerprint density at radius 3 is 3.12 bits per heavy atom. The molecule has 2 aromatic rings. The molecule has 0 aliphatic carbocycles. The van der Waals surface area contributed by atoms with Crippen molar-refractivity contribution in [1.29, 1.82) is 0 Å². The molecule has 2 N–H and O–H groups in total. The molecule has 2 aromatic heterocycles. The van der Waals surface area contributed by atoms with E-state index < -0.39 is 0 Å². The minimum atomic E-state index is 0.231. The number of nitrogens with zero attached hydrogens (tertiary/aromatic N) is 3. The predicted octanol–water partition coefficient (Wildman–Crippen LogP) is 1.26. The maximum absolute atomic E-state index is 5.96. The van der Waals surface area contributed by atoms with Gasteiger partial charge in [0.25, 0.3) is 5.89 Å². The lowest BCUT2D eigenvalue weighted by Crippen LogP contribution is -2.08. The highest BCUT2D eigenvalue weighted by atomic mass is 35.5. The summed E-state index contributed by atoms with van der Waals surface area (Å²) < 4.78 is 10.2. The van der Waals surface area contributed by atoms with Gasteiger partial charge in [0.15, 0.2) is 0 Å². The molecule has 0 unspecified atom stereocenters. The number of pyridine rings is 1. The van der Waals surface area contributed by atoms with E-state index in [1.165, 1.54) is 0 Å². The van der Waals surface area contributed by atoms with Crippen LogP contribution in [0.2, 0.25) is 5.02 Å². The third-order valence-electron chi connectivity index (χ3n) is 1.93. The molecule has 0 saturated carbocycles. The van der Waals surface area contributed by atoms with Gasteiger partial charge in [-0.1, -0.05) is 16.8 Å². The minimum absolute atomic E-state index is 0.231. The molecule has 0 amide bonds. The number of nitrogens with two attached hydrogens (primary N) is 1. The van der Waals surface area contributed by atoms with E-state index in [0.29, 0.717) is 35.6 Å². The SMILES string of the molecule is NCCOCc1nc(-c2ncccc2Cl)no1. The second-order valence-corrected chi connectivity index (χ2v) is 3.59. The quantitative estimate of drug-likeness (QED) is 0.809. The second kappa shape index (κ2) is 5.72. The zero-order valence-corrected chi connectivity index (χ0v) is 9.72. The van der Waals surface area contributed by atoms with Gasteiger partial charge in [0.05, 0.1) is 11.6 Å². The molecule has 0 aliphatic heterocycles. The molecule has 0 spiro atoms. The Bertz CT molecular complexity index is 489. The Morgan fingerprint density at radius 2 is 2.35 bits per heavy atom. The van der Waals surface area contributed by atoms with E-state index in [9.17, 15) is 0 Å².